The first-order valence-electron chi connectivity index (χ1n) is 5.69. The summed E-state index contributed by atoms with van der Waals surface area (Å²) in [7, 11) is 0. The molecular formula is C13H17NO2. The molecule has 0 aliphatic carbocycles. The Morgan fingerprint density at radius 2 is 2.31 bits per heavy atom. The summed E-state index contributed by atoms with van der Waals surface area (Å²) in [5.74, 6) is 0.966. The van der Waals surface area contributed by atoms with Gasteiger partial charge >= 0.3 is 0 Å². The highest BCUT2D eigenvalue weighted by atomic mass is 16.5. The second-order valence-corrected chi connectivity index (χ2v) is 4.26. The molecule has 1 atom stereocenters. The lowest BCUT2D eigenvalue weighted by atomic mass is 10.1. The van der Waals surface area contributed by atoms with E-state index in [-0.39, 0.29) is 12.0 Å². The monoisotopic (exact) mass is 219 g/mol. The van der Waals surface area contributed by atoms with E-state index in [0.29, 0.717) is 13.0 Å². The zero-order valence-electron chi connectivity index (χ0n) is 9.99. The minimum absolute atomic E-state index is 0.0608. The van der Waals surface area contributed by atoms with Gasteiger partial charge in [0.05, 0.1) is 12.2 Å². The molecule has 1 aliphatic heterocycles. The predicted octanol–water partition coefficient (Wildman–Crippen LogP) is 2.52. The van der Waals surface area contributed by atoms with Crippen molar-refractivity contribution >= 4 is 11.6 Å². The fourth-order valence-electron chi connectivity index (χ4n) is 1.97. The SMILES string of the molecule is CCC(=O)N1C[C@@H](C)Oc2ccc(C)cc21. The van der Waals surface area contributed by atoms with Crippen molar-refractivity contribution in [3.05, 3.63) is 23.8 Å². The van der Waals surface area contributed by atoms with Crippen molar-refractivity contribution < 1.29 is 9.53 Å². The number of anilines is 1. The third kappa shape index (κ3) is 1.90. The maximum absolute atomic E-state index is 11.9. The van der Waals surface area contributed by atoms with E-state index in [4.69, 9.17) is 4.74 Å². The van der Waals surface area contributed by atoms with Crippen molar-refractivity contribution in [2.75, 3.05) is 11.4 Å². The normalized spacial score (nSPS) is 18.9. The number of ether oxygens (including phenoxy) is 1. The van der Waals surface area contributed by atoms with Gasteiger partial charge in [-0.1, -0.05) is 13.0 Å². The van der Waals surface area contributed by atoms with Crippen LogP contribution in [0.2, 0.25) is 0 Å². The summed E-state index contributed by atoms with van der Waals surface area (Å²) >= 11 is 0. The highest BCUT2D eigenvalue weighted by molar-refractivity contribution is 5.95. The molecule has 1 heterocycles. The van der Waals surface area contributed by atoms with Crippen LogP contribution in [0.5, 0.6) is 5.75 Å². The maximum atomic E-state index is 11.9. The van der Waals surface area contributed by atoms with E-state index in [1.165, 1.54) is 0 Å². The minimum Gasteiger partial charge on any atom is -0.487 e. The summed E-state index contributed by atoms with van der Waals surface area (Å²) < 4.78 is 5.72. The van der Waals surface area contributed by atoms with Crippen molar-refractivity contribution in [2.24, 2.45) is 0 Å². The van der Waals surface area contributed by atoms with Crippen LogP contribution in [0.3, 0.4) is 0 Å². The van der Waals surface area contributed by atoms with Crippen LogP contribution in [-0.4, -0.2) is 18.6 Å². The first-order chi connectivity index (χ1) is 7.61. The topological polar surface area (TPSA) is 29.5 Å². The molecule has 0 N–H and O–H groups in total. The van der Waals surface area contributed by atoms with Crippen LogP contribution in [-0.2, 0) is 4.79 Å². The lowest BCUT2D eigenvalue weighted by Gasteiger charge is -2.33. The molecule has 3 heteroatoms. The summed E-state index contributed by atoms with van der Waals surface area (Å²) in [6.07, 6.45) is 0.589. The molecule has 0 fully saturated rings. The van der Waals surface area contributed by atoms with Crippen LogP contribution in [0.25, 0.3) is 0 Å². The third-order valence-electron chi connectivity index (χ3n) is 2.78. The highest BCUT2D eigenvalue weighted by Gasteiger charge is 2.26. The Bertz CT molecular complexity index is 414. The zero-order chi connectivity index (χ0) is 11.7. The van der Waals surface area contributed by atoms with E-state index in [0.717, 1.165) is 17.0 Å². The number of hydrogen-bond acceptors (Lipinski definition) is 2. The molecule has 1 aliphatic rings. The van der Waals surface area contributed by atoms with Crippen molar-refractivity contribution in [1.82, 2.24) is 0 Å². The summed E-state index contributed by atoms with van der Waals surface area (Å²) in [6, 6.07) is 5.95. The average Bonchev–Trinajstić information content (AvgIpc) is 2.27. The van der Waals surface area contributed by atoms with Crippen molar-refractivity contribution in [3.8, 4) is 5.75 Å². The van der Waals surface area contributed by atoms with Gasteiger partial charge in [0.25, 0.3) is 0 Å². The molecule has 1 aromatic rings. The second-order valence-electron chi connectivity index (χ2n) is 4.26. The van der Waals surface area contributed by atoms with Gasteiger partial charge in [-0.2, -0.15) is 0 Å². The summed E-state index contributed by atoms with van der Waals surface area (Å²) in [5, 5.41) is 0. The molecule has 0 saturated heterocycles. The van der Waals surface area contributed by atoms with Gasteiger partial charge in [-0.3, -0.25) is 4.79 Å². The van der Waals surface area contributed by atoms with Crippen LogP contribution < -0.4 is 9.64 Å². The Balaban J connectivity index is 2.43. The van der Waals surface area contributed by atoms with Crippen molar-refractivity contribution in [1.29, 1.82) is 0 Å². The predicted molar refractivity (Wildman–Crippen MR) is 63.9 cm³/mol. The quantitative estimate of drug-likeness (QED) is 0.726. The Kier molecular flexibility index (Phi) is 2.86. The number of rotatable bonds is 1. The Labute approximate surface area is 96.0 Å². The molecule has 0 bridgehead atoms. The van der Waals surface area contributed by atoms with Gasteiger partial charge in [0.15, 0.2) is 0 Å². The molecule has 3 nitrogen and oxygen atoms in total. The second kappa shape index (κ2) is 4.16. The Morgan fingerprint density at radius 1 is 1.56 bits per heavy atom. The number of hydrogen-bond donors (Lipinski definition) is 0. The fourth-order valence-corrected chi connectivity index (χ4v) is 1.97. The van der Waals surface area contributed by atoms with Crippen LogP contribution >= 0.6 is 0 Å². The zero-order valence-corrected chi connectivity index (χ0v) is 9.99. The van der Waals surface area contributed by atoms with Gasteiger partial charge in [-0.05, 0) is 31.5 Å². The Morgan fingerprint density at radius 3 is 3.00 bits per heavy atom. The first kappa shape index (κ1) is 11.0. The number of benzene rings is 1. The molecule has 0 aromatic heterocycles. The minimum atomic E-state index is 0.0608. The number of fused-ring (bicyclic) bond motifs is 1. The van der Waals surface area contributed by atoms with E-state index < -0.39 is 0 Å². The molecule has 0 spiro atoms. The Hall–Kier alpha value is -1.51. The van der Waals surface area contributed by atoms with E-state index in [1.54, 1.807) is 0 Å². The van der Waals surface area contributed by atoms with Gasteiger partial charge in [0.2, 0.25) is 5.91 Å². The van der Waals surface area contributed by atoms with E-state index in [2.05, 4.69) is 0 Å². The van der Waals surface area contributed by atoms with Crippen LogP contribution in [0.15, 0.2) is 18.2 Å². The number of amides is 1. The molecule has 1 amide bonds. The lowest BCUT2D eigenvalue weighted by Crippen LogP contribution is -2.42. The highest BCUT2D eigenvalue weighted by Crippen LogP contribution is 2.34. The first-order valence-corrected chi connectivity index (χ1v) is 5.69. The average molecular weight is 219 g/mol. The number of carbonyl (C=O) groups is 1. The van der Waals surface area contributed by atoms with Crippen molar-refractivity contribution in [3.63, 3.8) is 0 Å². The molecule has 0 radical (unpaired) electrons. The molecular weight excluding hydrogens is 202 g/mol. The largest absolute Gasteiger partial charge is 0.487 e. The van der Waals surface area contributed by atoms with E-state index in [1.807, 2.05) is 43.9 Å². The summed E-state index contributed by atoms with van der Waals surface area (Å²) in [5.41, 5.74) is 2.05. The summed E-state index contributed by atoms with van der Waals surface area (Å²) in [6.45, 7) is 6.53. The molecule has 1 aromatic carbocycles. The van der Waals surface area contributed by atoms with Gasteiger partial charge in [-0.25, -0.2) is 0 Å². The number of aryl methyl sites for hydroxylation is 1. The van der Waals surface area contributed by atoms with Crippen molar-refractivity contribution in [2.45, 2.75) is 33.3 Å². The van der Waals surface area contributed by atoms with Crippen LogP contribution in [0.4, 0.5) is 5.69 Å². The van der Waals surface area contributed by atoms with Gasteiger partial charge in [0, 0.05) is 6.42 Å². The van der Waals surface area contributed by atoms with Crippen LogP contribution in [0, 0.1) is 6.92 Å². The van der Waals surface area contributed by atoms with Crippen LogP contribution in [0.1, 0.15) is 25.8 Å². The van der Waals surface area contributed by atoms with Gasteiger partial charge < -0.3 is 9.64 Å². The molecule has 16 heavy (non-hydrogen) atoms. The summed E-state index contributed by atoms with van der Waals surface area (Å²) in [4.78, 5) is 13.7. The maximum Gasteiger partial charge on any atom is 0.226 e. The fraction of sp³-hybridized carbons (Fsp3) is 0.462. The van der Waals surface area contributed by atoms with E-state index >= 15 is 0 Å². The number of nitrogens with zero attached hydrogens (tertiary/aromatic N) is 1. The molecule has 0 unspecified atom stereocenters. The molecule has 2 rings (SSSR count). The smallest absolute Gasteiger partial charge is 0.226 e. The lowest BCUT2D eigenvalue weighted by molar-refractivity contribution is -0.118. The molecule has 86 valence electrons. The van der Waals surface area contributed by atoms with Gasteiger partial charge in [-0.15, -0.1) is 0 Å². The van der Waals surface area contributed by atoms with Gasteiger partial charge in [0.1, 0.15) is 11.9 Å². The standard InChI is InChI=1S/C13H17NO2/c1-4-13(15)14-8-10(3)16-12-6-5-9(2)7-11(12)14/h5-7,10H,4,8H2,1-3H3/t10-/m1/s1. The molecule has 0 saturated carbocycles. The number of carbonyl (C=O) groups excluding carboxylic acids is 1. The third-order valence-corrected chi connectivity index (χ3v) is 2.78. The van der Waals surface area contributed by atoms with E-state index in [9.17, 15) is 4.79 Å².